The van der Waals surface area contributed by atoms with Gasteiger partial charge >= 0.3 is 0 Å². The molecule has 0 aromatic heterocycles. The molecular weight excluding hydrogens is 216 g/mol. The molecule has 1 aromatic rings. The minimum atomic E-state index is -3.61. The van der Waals surface area contributed by atoms with E-state index in [1.165, 1.54) is 12.1 Å². The second-order valence-corrected chi connectivity index (χ2v) is 4.95. The third-order valence-electron chi connectivity index (χ3n) is 2.23. The topological polar surface area (TPSA) is 52.6 Å². The van der Waals surface area contributed by atoms with Crippen molar-refractivity contribution in [2.75, 3.05) is 13.2 Å². The van der Waals surface area contributed by atoms with E-state index in [-0.39, 0.29) is 17.6 Å². The minimum absolute atomic E-state index is 0.0662. The zero-order valence-electron chi connectivity index (χ0n) is 8.13. The molecule has 0 saturated carbocycles. The smallest absolute Gasteiger partial charge is 0.297 e. The summed E-state index contributed by atoms with van der Waals surface area (Å²) in [5.41, 5.74) is 0. The average Bonchev–Trinajstić information content (AvgIpc) is 2.16. The Morgan fingerprint density at radius 2 is 2.00 bits per heavy atom. The van der Waals surface area contributed by atoms with Gasteiger partial charge in [-0.3, -0.25) is 4.18 Å². The Kier molecular flexibility index (Phi) is 3.04. The molecule has 5 heteroatoms. The van der Waals surface area contributed by atoms with Gasteiger partial charge in [0.1, 0.15) is 0 Å². The molecule has 0 amide bonds. The number of ether oxygens (including phenoxy) is 1. The molecule has 1 aliphatic heterocycles. The molecule has 1 aromatic carbocycles. The Balaban J connectivity index is 2.00. The van der Waals surface area contributed by atoms with Crippen molar-refractivity contribution < 1.29 is 17.3 Å². The minimum Gasteiger partial charge on any atom is -0.376 e. The monoisotopic (exact) mass is 228 g/mol. The van der Waals surface area contributed by atoms with Crippen LogP contribution in [0.25, 0.3) is 0 Å². The van der Waals surface area contributed by atoms with Gasteiger partial charge in [0.2, 0.25) is 0 Å². The summed E-state index contributed by atoms with van der Waals surface area (Å²) in [7, 11) is -3.61. The summed E-state index contributed by atoms with van der Waals surface area (Å²) in [5.74, 6) is 0. The number of rotatable bonds is 4. The zero-order chi connectivity index (χ0) is 10.7. The first-order chi connectivity index (χ1) is 7.18. The molecule has 0 bridgehead atoms. The van der Waals surface area contributed by atoms with Gasteiger partial charge in [-0.2, -0.15) is 8.42 Å². The summed E-state index contributed by atoms with van der Waals surface area (Å²) in [6.45, 7) is 0.802. The molecule has 0 N–H and O–H groups in total. The summed E-state index contributed by atoms with van der Waals surface area (Å²) < 4.78 is 33.1. The van der Waals surface area contributed by atoms with Crippen molar-refractivity contribution in [2.45, 2.75) is 17.4 Å². The lowest BCUT2D eigenvalue weighted by molar-refractivity contribution is -0.0711. The van der Waals surface area contributed by atoms with Crippen LogP contribution in [-0.2, 0) is 19.0 Å². The first kappa shape index (κ1) is 10.6. The molecule has 0 spiro atoms. The molecule has 1 saturated heterocycles. The van der Waals surface area contributed by atoms with Crippen LogP contribution >= 0.6 is 0 Å². The van der Waals surface area contributed by atoms with Gasteiger partial charge in [-0.05, 0) is 18.6 Å². The van der Waals surface area contributed by atoms with Crippen molar-refractivity contribution in [1.29, 1.82) is 0 Å². The first-order valence-electron chi connectivity index (χ1n) is 4.74. The lowest BCUT2D eigenvalue weighted by Crippen LogP contribution is -2.32. The molecule has 4 nitrogen and oxygen atoms in total. The van der Waals surface area contributed by atoms with Gasteiger partial charge in [0.15, 0.2) is 0 Å². The van der Waals surface area contributed by atoms with E-state index in [1.807, 2.05) is 0 Å². The van der Waals surface area contributed by atoms with Crippen LogP contribution in [0.5, 0.6) is 0 Å². The highest BCUT2D eigenvalue weighted by molar-refractivity contribution is 7.86. The van der Waals surface area contributed by atoms with Gasteiger partial charge in [-0.1, -0.05) is 18.2 Å². The van der Waals surface area contributed by atoms with Gasteiger partial charge in [0, 0.05) is 6.61 Å². The summed E-state index contributed by atoms with van der Waals surface area (Å²) in [6, 6.07) is 8.11. The van der Waals surface area contributed by atoms with Crippen molar-refractivity contribution in [1.82, 2.24) is 0 Å². The van der Waals surface area contributed by atoms with Crippen LogP contribution in [0, 0.1) is 0 Å². The van der Waals surface area contributed by atoms with Crippen LogP contribution in [0.15, 0.2) is 35.2 Å². The van der Waals surface area contributed by atoms with E-state index in [0.717, 1.165) is 6.42 Å². The van der Waals surface area contributed by atoms with E-state index in [1.54, 1.807) is 18.2 Å². The summed E-state index contributed by atoms with van der Waals surface area (Å²) >= 11 is 0. The van der Waals surface area contributed by atoms with Crippen LogP contribution in [0.4, 0.5) is 0 Å². The Hall–Kier alpha value is -0.910. The average molecular weight is 228 g/mol. The maximum absolute atomic E-state index is 11.6. The fourth-order valence-electron chi connectivity index (χ4n) is 1.24. The van der Waals surface area contributed by atoms with Crippen molar-refractivity contribution in [2.24, 2.45) is 0 Å². The SMILES string of the molecule is O=S(=O)(OCC1CCO1)c1ccccc1. The molecule has 1 atom stereocenters. The van der Waals surface area contributed by atoms with Gasteiger partial charge in [0.05, 0.1) is 17.6 Å². The summed E-state index contributed by atoms with van der Waals surface area (Å²) in [5, 5.41) is 0. The molecule has 0 radical (unpaired) electrons. The standard InChI is InChI=1S/C10H12O4S/c11-15(12,10-4-2-1-3-5-10)14-8-9-6-7-13-9/h1-5,9H,6-8H2. The Bertz CT molecular complexity index is 408. The molecular formula is C10H12O4S. The van der Waals surface area contributed by atoms with Crippen molar-refractivity contribution >= 4 is 10.1 Å². The maximum atomic E-state index is 11.6. The van der Waals surface area contributed by atoms with Crippen LogP contribution in [0.3, 0.4) is 0 Å². The van der Waals surface area contributed by atoms with E-state index in [9.17, 15) is 8.42 Å². The van der Waals surface area contributed by atoms with Crippen LogP contribution in [0.2, 0.25) is 0 Å². The number of hydrogen-bond acceptors (Lipinski definition) is 4. The molecule has 15 heavy (non-hydrogen) atoms. The van der Waals surface area contributed by atoms with Crippen LogP contribution < -0.4 is 0 Å². The molecule has 1 unspecified atom stereocenters. The highest BCUT2D eigenvalue weighted by Gasteiger charge is 2.22. The third-order valence-corrected chi connectivity index (χ3v) is 3.53. The van der Waals surface area contributed by atoms with Gasteiger partial charge in [-0.15, -0.1) is 0 Å². The predicted octanol–water partition coefficient (Wildman–Crippen LogP) is 1.18. The van der Waals surface area contributed by atoms with Gasteiger partial charge in [-0.25, -0.2) is 0 Å². The van der Waals surface area contributed by atoms with Crippen LogP contribution in [0.1, 0.15) is 6.42 Å². The fourth-order valence-corrected chi connectivity index (χ4v) is 2.19. The second-order valence-electron chi connectivity index (χ2n) is 3.33. The maximum Gasteiger partial charge on any atom is 0.297 e. The number of hydrogen-bond donors (Lipinski definition) is 0. The molecule has 1 heterocycles. The Morgan fingerprint density at radius 1 is 1.33 bits per heavy atom. The highest BCUT2D eigenvalue weighted by atomic mass is 32.2. The normalized spacial score (nSPS) is 20.9. The zero-order valence-corrected chi connectivity index (χ0v) is 8.94. The molecule has 0 aliphatic carbocycles. The van der Waals surface area contributed by atoms with E-state index in [2.05, 4.69) is 0 Å². The Morgan fingerprint density at radius 3 is 2.53 bits per heavy atom. The van der Waals surface area contributed by atoms with E-state index >= 15 is 0 Å². The molecule has 2 rings (SSSR count). The lowest BCUT2D eigenvalue weighted by Gasteiger charge is -2.25. The van der Waals surface area contributed by atoms with Crippen molar-refractivity contribution in [3.8, 4) is 0 Å². The van der Waals surface area contributed by atoms with E-state index in [0.29, 0.717) is 6.61 Å². The van der Waals surface area contributed by atoms with Crippen LogP contribution in [-0.4, -0.2) is 27.7 Å². The lowest BCUT2D eigenvalue weighted by atomic mass is 10.2. The number of benzene rings is 1. The van der Waals surface area contributed by atoms with Gasteiger partial charge in [0.25, 0.3) is 10.1 Å². The van der Waals surface area contributed by atoms with Crippen molar-refractivity contribution in [3.63, 3.8) is 0 Å². The third kappa shape index (κ3) is 2.56. The second kappa shape index (κ2) is 4.30. The fraction of sp³-hybridized carbons (Fsp3) is 0.400. The molecule has 1 aliphatic rings. The van der Waals surface area contributed by atoms with Gasteiger partial charge < -0.3 is 4.74 Å². The molecule has 1 fully saturated rings. The van der Waals surface area contributed by atoms with E-state index in [4.69, 9.17) is 8.92 Å². The van der Waals surface area contributed by atoms with Crippen molar-refractivity contribution in [3.05, 3.63) is 30.3 Å². The Labute approximate surface area is 88.9 Å². The summed E-state index contributed by atoms with van der Waals surface area (Å²) in [6.07, 6.45) is 0.799. The highest BCUT2D eigenvalue weighted by Crippen LogP contribution is 2.16. The predicted molar refractivity (Wildman–Crippen MR) is 53.9 cm³/mol. The quantitative estimate of drug-likeness (QED) is 0.726. The van der Waals surface area contributed by atoms with E-state index < -0.39 is 10.1 Å². The summed E-state index contributed by atoms with van der Waals surface area (Å²) in [4.78, 5) is 0.185. The molecule has 82 valence electrons. The largest absolute Gasteiger partial charge is 0.376 e. The first-order valence-corrected chi connectivity index (χ1v) is 6.15.